The van der Waals surface area contributed by atoms with Gasteiger partial charge < -0.3 is 19.6 Å². The SMILES string of the molecule is CC(C)COc1ccc(/C(O)=C2\C(=O)C(=O)N(CCCN(C)C)[C@H]2c2ccncc2)cc1. The first-order chi connectivity index (χ1) is 15.3. The van der Waals surface area contributed by atoms with Gasteiger partial charge in [-0.2, -0.15) is 0 Å². The Kier molecular flexibility index (Phi) is 7.64. The molecule has 7 nitrogen and oxygen atoms in total. The Balaban J connectivity index is 1.96. The molecule has 1 atom stereocenters. The van der Waals surface area contributed by atoms with Crippen molar-refractivity contribution in [3.05, 3.63) is 65.5 Å². The number of nitrogens with zero attached hydrogens (tertiary/aromatic N) is 3. The second-order valence-electron chi connectivity index (χ2n) is 8.66. The van der Waals surface area contributed by atoms with Crippen LogP contribution in [-0.4, -0.2) is 65.4 Å². The number of likely N-dealkylation sites (tertiary alicyclic amines) is 1. The van der Waals surface area contributed by atoms with Gasteiger partial charge in [-0.05, 0) is 74.9 Å². The van der Waals surface area contributed by atoms with Crippen molar-refractivity contribution >= 4 is 17.4 Å². The minimum absolute atomic E-state index is 0.0990. The number of rotatable bonds is 9. The topological polar surface area (TPSA) is 83.0 Å². The molecule has 1 amide bonds. The van der Waals surface area contributed by atoms with Gasteiger partial charge in [0.2, 0.25) is 0 Å². The Labute approximate surface area is 189 Å². The van der Waals surface area contributed by atoms with Gasteiger partial charge in [0.05, 0.1) is 18.2 Å². The van der Waals surface area contributed by atoms with E-state index in [4.69, 9.17) is 4.74 Å². The maximum atomic E-state index is 13.0. The van der Waals surface area contributed by atoms with Crippen molar-refractivity contribution in [1.29, 1.82) is 0 Å². The number of hydrogen-bond acceptors (Lipinski definition) is 6. The molecule has 1 aromatic heterocycles. The van der Waals surface area contributed by atoms with E-state index in [0.717, 1.165) is 12.1 Å². The Morgan fingerprint density at radius 3 is 2.38 bits per heavy atom. The van der Waals surface area contributed by atoms with Gasteiger partial charge in [-0.1, -0.05) is 13.8 Å². The maximum absolute atomic E-state index is 13.0. The Hall–Kier alpha value is -3.19. The summed E-state index contributed by atoms with van der Waals surface area (Å²) >= 11 is 0. The molecule has 1 aromatic carbocycles. The highest BCUT2D eigenvalue weighted by Crippen LogP contribution is 2.39. The first-order valence-corrected chi connectivity index (χ1v) is 10.9. The monoisotopic (exact) mass is 437 g/mol. The summed E-state index contributed by atoms with van der Waals surface area (Å²) in [6, 6.07) is 9.80. The zero-order valence-electron chi connectivity index (χ0n) is 19.1. The highest BCUT2D eigenvalue weighted by atomic mass is 16.5. The number of carbonyl (C=O) groups excluding carboxylic acids is 2. The summed E-state index contributed by atoms with van der Waals surface area (Å²) in [5.41, 5.74) is 1.30. The van der Waals surface area contributed by atoms with Gasteiger partial charge in [0.25, 0.3) is 11.7 Å². The van der Waals surface area contributed by atoms with Gasteiger partial charge in [0.15, 0.2) is 0 Å². The Morgan fingerprint density at radius 2 is 1.78 bits per heavy atom. The molecule has 2 aromatic rings. The van der Waals surface area contributed by atoms with Gasteiger partial charge in [0, 0.05) is 24.5 Å². The number of carbonyl (C=O) groups is 2. The van der Waals surface area contributed by atoms with Crippen LogP contribution in [0.5, 0.6) is 5.75 Å². The molecule has 1 aliphatic rings. The first kappa shape index (κ1) is 23.5. The molecule has 2 heterocycles. The third-order valence-electron chi connectivity index (χ3n) is 5.28. The molecule has 7 heteroatoms. The molecule has 0 saturated carbocycles. The predicted molar refractivity (Wildman–Crippen MR) is 123 cm³/mol. The fraction of sp³-hybridized carbons (Fsp3) is 0.400. The lowest BCUT2D eigenvalue weighted by molar-refractivity contribution is -0.139. The number of aliphatic hydroxyl groups excluding tert-OH is 1. The minimum atomic E-state index is -0.672. The molecule has 32 heavy (non-hydrogen) atoms. The number of aliphatic hydroxyl groups is 1. The molecule has 0 spiro atoms. The van der Waals surface area contributed by atoms with E-state index in [9.17, 15) is 14.7 Å². The number of benzene rings is 1. The fourth-order valence-corrected chi connectivity index (χ4v) is 3.69. The highest BCUT2D eigenvalue weighted by molar-refractivity contribution is 6.46. The summed E-state index contributed by atoms with van der Waals surface area (Å²) in [4.78, 5) is 33.5. The molecule has 1 saturated heterocycles. The highest BCUT2D eigenvalue weighted by Gasteiger charge is 2.45. The number of aromatic nitrogens is 1. The first-order valence-electron chi connectivity index (χ1n) is 10.9. The largest absolute Gasteiger partial charge is 0.507 e. The third-order valence-corrected chi connectivity index (χ3v) is 5.28. The zero-order chi connectivity index (χ0) is 23.3. The molecular weight excluding hydrogens is 406 g/mol. The quantitative estimate of drug-likeness (QED) is 0.367. The van der Waals surface area contributed by atoms with Gasteiger partial charge in [-0.15, -0.1) is 0 Å². The summed E-state index contributed by atoms with van der Waals surface area (Å²) < 4.78 is 5.70. The van der Waals surface area contributed by atoms with Crippen molar-refractivity contribution in [2.45, 2.75) is 26.3 Å². The second-order valence-corrected chi connectivity index (χ2v) is 8.66. The van der Waals surface area contributed by atoms with Crippen LogP contribution in [0.2, 0.25) is 0 Å². The van der Waals surface area contributed by atoms with E-state index in [1.54, 1.807) is 53.7 Å². The summed E-state index contributed by atoms with van der Waals surface area (Å²) in [5, 5.41) is 11.1. The van der Waals surface area contributed by atoms with Crippen LogP contribution in [0.15, 0.2) is 54.4 Å². The average Bonchev–Trinajstić information content (AvgIpc) is 3.03. The standard InChI is InChI=1S/C25H31N3O4/c1-17(2)16-32-20-8-6-19(7-9-20)23(29)21-22(18-10-12-26-13-11-18)28(25(31)24(21)30)15-5-14-27(3)4/h6-13,17,22,29H,5,14-16H2,1-4H3/b23-21+/t22-/m0/s1. The molecule has 0 unspecified atom stereocenters. The van der Waals surface area contributed by atoms with Crippen LogP contribution >= 0.6 is 0 Å². The van der Waals surface area contributed by atoms with Crippen LogP contribution in [0.3, 0.4) is 0 Å². The molecule has 0 radical (unpaired) electrons. The molecule has 1 fully saturated rings. The molecule has 0 aliphatic carbocycles. The molecule has 170 valence electrons. The van der Waals surface area contributed by atoms with E-state index < -0.39 is 17.7 Å². The average molecular weight is 438 g/mol. The summed E-state index contributed by atoms with van der Waals surface area (Å²) in [6.45, 7) is 5.91. The van der Waals surface area contributed by atoms with Crippen molar-refractivity contribution in [2.75, 3.05) is 33.8 Å². The van der Waals surface area contributed by atoms with E-state index in [1.165, 1.54) is 0 Å². The van der Waals surface area contributed by atoms with Crippen LogP contribution in [0.4, 0.5) is 0 Å². The van der Waals surface area contributed by atoms with Gasteiger partial charge in [0.1, 0.15) is 11.5 Å². The summed E-state index contributed by atoms with van der Waals surface area (Å²) in [6.07, 6.45) is 3.95. The van der Waals surface area contributed by atoms with Crippen LogP contribution in [0.25, 0.3) is 5.76 Å². The van der Waals surface area contributed by atoms with Crippen LogP contribution < -0.4 is 4.74 Å². The predicted octanol–water partition coefficient (Wildman–Crippen LogP) is 3.49. The van der Waals surface area contributed by atoms with Crippen molar-refractivity contribution in [3.8, 4) is 5.75 Å². The third kappa shape index (κ3) is 5.34. The number of ether oxygens (including phenoxy) is 1. The Morgan fingerprint density at radius 1 is 1.12 bits per heavy atom. The second kappa shape index (κ2) is 10.4. The lowest BCUT2D eigenvalue weighted by Crippen LogP contribution is -2.32. The van der Waals surface area contributed by atoms with E-state index in [-0.39, 0.29) is 11.3 Å². The van der Waals surface area contributed by atoms with Crippen LogP contribution in [-0.2, 0) is 9.59 Å². The van der Waals surface area contributed by atoms with Gasteiger partial charge in [-0.3, -0.25) is 14.6 Å². The van der Waals surface area contributed by atoms with Crippen molar-refractivity contribution < 1.29 is 19.4 Å². The molecule has 1 aliphatic heterocycles. The molecule has 3 rings (SSSR count). The summed E-state index contributed by atoms with van der Waals surface area (Å²) in [7, 11) is 3.92. The van der Waals surface area contributed by atoms with Crippen LogP contribution in [0, 0.1) is 5.92 Å². The van der Waals surface area contributed by atoms with E-state index in [0.29, 0.717) is 36.8 Å². The number of pyridine rings is 1. The number of Topliss-reactive ketones (excluding diaryl/α,β-unsaturated/α-hetero) is 1. The summed E-state index contributed by atoms with van der Waals surface area (Å²) in [5.74, 6) is -0.369. The Bertz CT molecular complexity index is 968. The number of hydrogen-bond donors (Lipinski definition) is 1. The van der Waals surface area contributed by atoms with Gasteiger partial charge >= 0.3 is 0 Å². The smallest absolute Gasteiger partial charge is 0.295 e. The maximum Gasteiger partial charge on any atom is 0.295 e. The fourth-order valence-electron chi connectivity index (χ4n) is 3.69. The minimum Gasteiger partial charge on any atom is -0.507 e. The van der Waals surface area contributed by atoms with Crippen LogP contribution in [0.1, 0.15) is 37.4 Å². The number of amides is 1. The zero-order valence-corrected chi connectivity index (χ0v) is 19.1. The molecule has 0 bridgehead atoms. The lowest BCUT2D eigenvalue weighted by Gasteiger charge is -2.25. The normalized spacial score (nSPS) is 18.1. The van der Waals surface area contributed by atoms with Crippen molar-refractivity contribution in [3.63, 3.8) is 0 Å². The number of ketones is 1. The van der Waals surface area contributed by atoms with Crippen molar-refractivity contribution in [1.82, 2.24) is 14.8 Å². The van der Waals surface area contributed by atoms with E-state index in [1.807, 2.05) is 19.0 Å². The lowest BCUT2D eigenvalue weighted by atomic mass is 9.96. The molecule has 1 N–H and O–H groups in total. The molecular formula is C25H31N3O4. The van der Waals surface area contributed by atoms with E-state index in [2.05, 4.69) is 18.8 Å². The van der Waals surface area contributed by atoms with Gasteiger partial charge in [-0.25, -0.2) is 0 Å². The van der Waals surface area contributed by atoms with Crippen molar-refractivity contribution in [2.24, 2.45) is 5.92 Å². The van der Waals surface area contributed by atoms with E-state index >= 15 is 0 Å².